The third-order valence-corrected chi connectivity index (χ3v) is 1.94. The van der Waals surface area contributed by atoms with Crippen molar-refractivity contribution in [1.82, 2.24) is 20.2 Å². The molecule has 0 aliphatic rings. The molecular formula is C8H8ClN5. The number of rotatable bonds is 3. The normalized spacial score (nSPS) is 10.1. The second kappa shape index (κ2) is 4.06. The van der Waals surface area contributed by atoms with Crippen molar-refractivity contribution in [3.8, 4) is 0 Å². The number of nitrogens with zero attached hydrogens (tertiary/aromatic N) is 3. The van der Waals surface area contributed by atoms with E-state index in [0.717, 1.165) is 5.56 Å². The number of aromatic amines is 1. The summed E-state index contributed by atoms with van der Waals surface area (Å²) in [6.45, 7) is 0.620. The lowest BCUT2D eigenvalue weighted by molar-refractivity contribution is 1.09. The molecule has 0 aromatic carbocycles. The van der Waals surface area contributed by atoms with Gasteiger partial charge in [0.05, 0.1) is 6.20 Å². The van der Waals surface area contributed by atoms with E-state index < -0.39 is 0 Å². The molecular weight excluding hydrogens is 202 g/mol. The quantitative estimate of drug-likeness (QED) is 0.804. The van der Waals surface area contributed by atoms with Crippen LogP contribution in [0.2, 0.25) is 5.15 Å². The number of hydrogen-bond donors (Lipinski definition) is 2. The molecule has 0 bridgehead atoms. The van der Waals surface area contributed by atoms with Crippen molar-refractivity contribution in [1.29, 1.82) is 0 Å². The first-order valence-electron chi connectivity index (χ1n) is 4.04. The van der Waals surface area contributed by atoms with Crippen LogP contribution in [0.4, 0.5) is 5.82 Å². The number of anilines is 1. The van der Waals surface area contributed by atoms with Gasteiger partial charge in [0.2, 0.25) is 0 Å². The van der Waals surface area contributed by atoms with Crippen molar-refractivity contribution in [2.45, 2.75) is 6.54 Å². The average molecular weight is 210 g/mol. The molecule has 2 rings (SSSR count). The highest BCUT2D eigenvalue weighted by Gasteiger charge is 2.01. The molecule has 0 saturated carbocycles. The molecule has 0 unspecified atom stereocenters. The van der Waals surface area contributed by atoms with E-state index in [4.69, 9.17) is 11.6 Å². The molecule has 2 heterocycles. The molecule has 0 radical (unpaired) electrons. The van der Waals surface area contributed by atoms with Gasteiger partial charge < -0.3 is 5.32 Å². The predicted octanol–water partition coefficient (Wildman–Crippen LogP) is 1.47. The Morgan fingerprint density at radius 1 is 1.36 bits per heavy atom. The molecule has 0 spiro atoms. The van der Waals surface area contributed by atoms with Crippen LogP contribution in [0.25, 0.3) is 0 Å². The summed E-state index contributed by atoms with van der Waals surface area (Å²) in [5.41, 5.74) is 1.03. The van der Waals surface area contributed by atoms with Gasteiger partial charge in [-0.2, -0.15) is 5.10 Å². The first-order valence-corrected chi connectivity index (χ1v) is 4.42. The van der Waals surface area contributed by atoms with Crippen LogP contribution in [0.5, 0.6) is 0 Å². The first-order chi connectivity index (χ1) is 6.86. The van der Waals surface area contributed by atoms with Crippen molar-refractivity contribution >= 4 is 17.4 Å². The molecule has 0 amide bonds. The second-order valence-corrected chi connectivity index (χ2v) is 3.01. The van der Waals surface area contributed by atoms with Gasteiger partial charge in [-0.1, -0.05) is 11.6 Å². The van der Waals surface area contributed by atoms with Crippen LogP contribution >= 0.6 is 11.6 Å². The number of aromatic nitrogens is 4. The van der Waals surface area contributed by atoms with Crippen molar-refractivity contribution in [2.24, 2.45) is 0 Å². The van der Waals surface area contributed by atoms with Gasteiger partial charge in [0, 0.05) is 30.7 Å². The van der Waals surface area contributed by atoms with Crippen molar-refractivity contribution in [3.63, 3.8) is 0 Å². The highest BCUT2D eigenvalue weighted by atomic mass is 35.5. The molecule has 0 aliphatic heterocycles. The van der Waals surface area contributed by atoms with E-state index in [0.29, 0.717) is 17.5 Å². The molecule has 6 heteroatoms. The molecule has 0 fully saturated rings. The molecule has 72 valence electrons. The maximum atomic E-state index is 5.80. The second-order valence-electron chi connectivity index (χ2n) is 2.66. The Morgan fingerprint density at radius 3 is 2.93 bits per heavy atom. The van der Waals surface area contributed by atoms with Crippen LogP contribution in [0.3, 0.4) is 0 Å². The number of nitrogens with one attached hydrogen (secondary N) is 2. The standard InChI is InChI=1S/C8H8ClN5/c9-7-8(11-2-1-10-7)12-3-6-4-13-14-5-6/h1-2,4-5H,3H2,(H,11,12)(H,13,14). The zero-order valence-corrected chi connectivity index (χ0v) is 7.99. The molecule has 2 aromatic heterocycles. The minimum absolute atomic E-state index is 0.371. The van der Waals surface area contributed by atoms with Gasteiger partial charge in [-0.15, -0.1) is 0 Å². The van der Waals surface area contributed by atoms with Crippen LogP contribution in [-0.4, -0.2) is 20.2 Å². The van der Waals surface area contributed by atoms with Gasteiger partial charge >= 0.3 is 0 Å². The lowest BCUT2D eigenvalue weighted by Gasteiger charge is -2.03. The summed E-state index contributed by atoms with van der Waals surface area (Å²) in [6, 6.07) is 0. The molecule has 0 saturated heterocycles. The predicted molar refractivity (Wildman–Crippen MR) is 53.0 cm³/mol. The summed E-state index contributed by atoms with van der Waals surface area (Å²) in [5.74, 6) is 0.579. The lowest BCUT2D eigenvalue weighted by Crippen LogP contribution is -2.01. The SMILES string of the molecule is Clc1nccnc1NCc1cn[nH]c1. The summed E-state index contributed by atoms with van der Waals surface area (Å²) in [7, 11) is 0. The Bertz CT molecular complexity index is 400. The van der Waals surface area contributed by atoms with E-state index in [-0.39, 0.29) is 0 Å². The third-order valence-electron chi connectivity index (χ3n) is 1.67. The fourth-order valence-corrected chi connectivity index (χ4v) is 1.17. The fraction of sp³-hybridized carbons (Fsp3) is 0.125. The van der Waals surface area contributed by atoms with E-state index in [1.54, 1.807) is 24.8 Å². The van der Waals surface area contributed by atoms with E-state index >= 15 is 0 Å². The lowest BCUT2D eigenvalue weighted by atomic mass is 10.3. The zero-order valence-electron chi connectivity index (χ0n) is 7.24. The van der Waals surface area contributed by atoms with E-state index in [2.05, 4.69) is 25.5 Å². The van der Waals surface area contributed by atoms with Gasteiger partial charge in [0.25, 0.3) is 0 Å². The zero-order chi connectivity index (χ0) is 9.80. The van der Waals surface area contributed by atoms with Crippen LogP contribution in [-0.2, 0) is 6.54 Å². The average Bonchev–Trinajstić information content (AvgIpc) is 2.69. The van der Waals surface area contributed by atoms with Gasteiger partial charge in [-0.3, -0.25) is 5.10 Å². The summed E-state index contributed by atoms with van der Waals surface area (Å²) >= 11 is 5.80. The van der Waals surface area contributed by atoms with E-state index in [1.807, 2.05) is 0 Å². The number of halogens is 1. The highest BCUT2D eigenvalue weighted by Crippen LogP contribution is 2.14. The summed E-state index contributed by atoms with van der Waals surface area (Å²) in [4.78, 5) is 7.94. The Kier molecular flexibility index (Phi) is 2.60. The molecule has 0 atom stereocenters. The smallest absolute Gasteiger partial charge is 0.171 e. The Balaban J connectivity index is 2.02. The van der Waals surface area contributed by atoms with Crippen molar-refractivity contribution in [3.05, 3.63) is 35.5 Å². The molecule has 5 nitrogen and oxygen atoms in total. The van der Waals surface area contributed by atoms with E-state index in [1.165, 1.54) is 0 Å². The number of hydrogen-bond acceptors (Lipinski definition) is 4. The summed E-state index contributed by atoms with van der Waals surface area (Å²) in [5, 5.41) is 9.97. The molecule has 0 aliphatic carbocycles. The topological polar surface area (TPSA) is 66.5 Å². The highest BCUT2D eigenvalue weighted by molar-refractivity contribution is 6.31. The monoisotopic (exact) mass is 209 g/mol. The van der Waals surface area contributed by atoms with Crippen LogP contribution in [0, 0.1) is 0 Å². The molecule has 2 N–H and O–H groups in total. The van der Waals surface area contributed by atoms with Crippen LogP contribution < -0.4 is 5.32 Å². The minimum atomic E-state index is 0.371. The van der Waals surface area contributed by atoms with Gasteiger partial charge in [0.15, 0.2) is 11.0 Å². The Morgan fingerprint density at radius 2 is 2.21 bits per heavy atom. The Labute approximate surface area is 85.5 Å². The van der Waals surface area contributed by atoms with Crippen molar-refractivity contribution < 1.29 is 0 Å². The fourth-order valence-electron chi connectivity index (χ4n) is 1.000. The maximum Gasteiger partial charge on any atom is 0.171 e. The van der Waals surface area contributed by atoms with Gasteiger partial charge in [0.1, 0.15) is 0 Å². The molecule has 14 heavy (non-hydrogen) atoms. The van der Waals surface area contributed by atoms with Crippen molar-refractivity contribution in [2.75, 3.05) is 5.32 Å². The summed E-state index contributed by atoms with van der Waals surface area (Å²) < 4.78 is 0. The molecule has 2 aromatic rings. The van der Waals surface area contributed by atoms with Gasteiger partial charge in [-0.05, 0) is 0 Å². The largest absolute Gasteiger partial charge is 0.363 e. The van der Waals surface area contributed by atoms with Crippen LogP contribution in [0.15, 0.2) is 24.8 Å². The third kappa shape index (κ3) is 2.00. The van der Waals surface area contributed by atoms with E-state index in [9.17, 15) is 0 Å². The first kappa shape index (κ1) is 8.96. The maximum absolute atomic E-state index is 5.80. The Hall–Kier alpha value is -1.62. The van der Waals surface area contributed by atoms with Crippen LogP contribution in [0.1, 0.15) is 5.56 Å². The summed E-state index contributed by atoms with van der Waals surface area (Å²) in [6.07, 6.45) is 6.67. The number of H-pyrrole nitrogens is 1. The minimum Gasteiger partial charge on any atom is -0.363 e. The van der Waals surface area contributed by atoms with Gasteiger partial charge in [-0.25, -0.2) is 9.97 Å².